The van der Waals surface area contributed by atoms with E-state index in [1.165, 1.54) is 23.5 Å². The Labute approximate surface area is 153 Å². The van der Waals surface area contributed by atoms with Crippen LogP contribution in [0.3, 0.4) is 0 Å². The van der Waals surface area contributed by atoms with Crippen LogP contribution in [0.5, 0.6) is 5.75 Å². The molecule has 8 heteroatoms. The van der Waals surface area contributed by atoms with Crippen molar-refractivity contribution in [1.82, 2.24) is 0 Å². The molecular weight excluding hydrogens is 362 g/mol. The number of hydrogen-bond acceptors (Lipinski definition) is 8. The van der Waals surface area contributed by atoms with Gasteiger partial charge in [0, 0.05) is 11.0 Å². The number of thioether (sulfide) groups is 2. The summed E-state index contributed by atoms with van der Waals surface area (Å²) < 4.78 is 10.4. The van der Waals surface area contributed by atoms with E-state index in [0.717, 1.165) is 11.0 Å². The molecule has 0 bridgehead atoms. The molecule has 1 aliphatic rings. The molecule has 1 N–H and O–H groups in total. The van der Waals surface area contributed by atoms with Gasteiger partial charge in [0.2, 0.25) is 0 Å². The van der Waals surface area contributed by atoms with E-state index in [-0.39, 0.29) is 24.5 Å². The van der Waals surface area contributed by atoms with E-state index >= 15 is 0 Å². The van der Waals surface area contributed by atoms with Gasteiger partial charge in [-0.05, 0) is 25.0 Å². The molecule has 1 aromatic rings. The smallest absolute Gasteiger partial charge is 0.350 e. The zero-order valence-electron chi connectivity index (χ0n) is 13.2. The molecule has 1 heterocycles. The largest absolute Gasteiger partial charge is 0.507 e. The summed E-state index contributed by atoms with van der Waals surface area (Å²) in [7, 11) is 0. The van der Waals surface area contributed by atoms with Crippen molar-refractivity contribution in [3.8, 4) is 11.8 Å². The maximum absolute atomic E-state index is 12.1. The van der Waals surface area contributed by atoms with Crippen molar-refractivity contribution >= 4 is 35.5 Å². The van der Waals surface area contributed by atoms with Gasteiger partial charge in [-0.3, -0.25) is 0 Å². The molecular formula is C17H15NO5S2. The highest BCUT2D eigenvalue weighted by Crippen LogP contribution is 2.55. The number of carbonyl (C=O) groups is 2. The number of carbonyl (C=O) groups excluding carboxylic acids is 2. The standard InChI is InChI=1S/C17H15NO5S2/c1-2-14(20)22-8-3-4-9-23-16(21)11(10-18)17-24-13-7-5-6-12(19)15(13)25-17/h2,5-7,19H,1,3-4,8-9H2. The lowest BCUT2D eigenvalue weighted by atomic mass is 10.3. The Bertz CT molecular complexity index is 767. The normalized spacial score (nSPS) is 14.2. The molecule has 6 nitrogen and oxygen atoms in total. The number of nitrogens with zero attached hydrogens (tertiary/aromatic N) is 1. The molecule has 130 valence electrons. The summed E-state index contributed by atoms with van der Waals surface area (Å²) in [4.78, 5) is 24.4. The lowest BCUT2D eigenvalue weighted by molar-refractivity contribution is -0.140. The molecule has 0 fully saturated rings. The minimum Gasteiger partial charge on any atom is -0.507 e. The SMILES string of the molecule is C=CC(=O)OCCCCOC(=O)C(C#N)=C1Sc2cccc(O)c2S1. The minimum atomic E-state index is -0.701. The number of nitriles is 1. The van der Waals surface area contributed by atoms with E-state index in [2.05, 4.69) is 6.58 Å². The molecule has 1 aromatic carbocycles. The maximum atomic E-state index is 12.1. The van der Waals surface area contributed by atoms with Gasteiger partial charge in [0.05, 0.1) is 22.3 Å². The number of esters is 2. The molecule has 1 aliphatic heterocycles. The predicted octanol–water partition coefficient (Wildman–Crippen LogP) is 3.38. The average Bonchev–Trinajstić information content (AvgIpc) is 3.03. The molecule has 0 radical (unpaired) electrons. The summed E-state index contributed by atoms with van der Waals surface area (Å²) in [5.41, 5.74) is -0.0799. The number of ether oxygens (including phenoxy) is 2. The van der Waals surface area contributed by atoms with Crippen LogP contribution in [-0.2, 0) is 19.1 Å². The number of phenols is 1. The Morgan fingerprint density at radius 2 is 1.96 bits per heavy atom. The lowest BCUT2D eigenvalue weighted by Gasteiger charge is -2.05. The second-order valence-corrected chi connectivity index (χ2v) is 7.13. The van der Waals surface area contributed by atoms with Crippen LogP contribution in [-0.4, -0.2) is 30.3 Å². The van der Waals surface area contributed by atoms with Gasteiger partial charge in [-0.1, -0.05) is 36.2 Å². The first-order chi connectivity index (χ1) is 12.1. The zero-order chi connectivity index (χ0) is 18.2. The molecule has 0 amide bonds. The third kappa shape index (κ3) is 5.05. The Morgan fingerprint density at radius 3 is 2.60 bits per heavy atom. The fourth-order valence-electron chi connectivity index (χ4n) is 1.85. The van der Waals surface area contributed by atoms with Gasteiger partial charge < -0.3 is 14.6 Å². The lowest BCUT2D eigenvalue weighted by Crippen LogP contribution is -2.10. The van der Waals surface area contributed by atoms with Gasteiger partial charge >= 0.3 is 11.9 Å². The van der Waals surface area contributed by atoms with Crippen molar-refractivity contribution in [3.63, 3.8) is 0 Å². The van der Waals surface area contributed by atoms with Gasteiger partial charge in [0.1, 0.15) is 11.8 Å². The summed E-state index contributed by atoms with van der Waals surface area (Å²) in [6.07, 6.45) is 2.12. The minimum absolute atomic E-state index is 0.0799. The van der Waals surface area contributed by atoms with E-state index in [1.807, 2.05) is 12.1 Å². The van der Waals surface area contributed by atoms with E-state index in [1.54, 1.807) is 12.1 Å². The third-order valence-corrected chi connectivity index (χ3v) is 5.66. The summed E-state index contributed by atoms with van der Waals surface area (Å²) in [6, 6.07) is 6.94. The van der Waals surface area contributed by atoms with Gasteiger partial charge in [-0.15, -0.1) is 0 Å². The summed E-state index contributed by atoms with van der Waals surface area (Å²) in [5.74, 6) is -1.08. The van der Waals surface area contributed by atoms with Gasteiger partial charge in [0.25, 0.3) is 0 Å². The van der Waals surface area contributed by atoms with Crippen molar-refractivity contribution < 1.29 is 24.2 Å². The topological polar surface area (TPSA) is 96.6 Å². The molecule has 0 saturated carbocycles. The number of rotatable bonds is 7. The molecule has 0 unspecified atom stereocenters. The van der Waals surface area contributed by atoms with Crippen molar-refractivity contribution in [1.29, 1.82) is 5.26 Å². The van der Waals surface area contributed by atoms with Gasteiger partial charge in [-0.2, -0.15) is 5.26 Å². The van der Waals surface area contributed by atoms with Crippen LogP contribution < -0.4 is 0 Å². The van der Waals surface area contributed by atoms with Crippen LogP contribution in [0, 0.1) is 11.3 Å². The number of aromatic hydroxyl groups is 1. The Morgan fingerprint density at radius 1 is 1.24 bits per heavy atom. The van der Waals surface area contributed by atoms with Crippen LogP contribution >= 0.6 is 23.5 Å². The van der Waals surface area contributed by atoms with Crippen molar-refractivity contribution in [2.75, 3.05) is 13.2 Å². The van der Waals surface area contributed by atoms with Crippen LogP contribution in [0.25, 0.3) is 0 Å². The van der Waals surface area contributed by atoms with Crippen LogP contribution in [0.2, 0.25) is 0 Å². The number of hydrogen-bond donors (Lipinski definition) is 1. The Balaban J connectivity index is 1.86. The van der Waals surface area contributed by atoms with Crippen LogP contribution in [0.4, 0.5) is 0 Å². The number of fused-ring (bicyclic) bond motifs is 1. The van der Waals surface area contributed by atoms with Gasteiger partial charge in [-0.25, -0.2) is 9.59 Å². The second-order valence-electron chi connectivity index (χ2n) is 4.80. The highest BCUT2D eigenvalue weighted by atomic mass is 32.2. The highest BCUT2D eigenvalue weighted by molar-refractivity contribution is 8.24. The summed E-state index contributed by atoms with van der Waals surface area (Å²) in [5, 5.41) is 19.1. The first kappa shape index (κ1) is 19.0. The second kappa shape index (κ2) is 9.20. The fraction of sp³-hybridized carbons (Fsp3) is 0.235. The Kier molecular flexibility index (Phi) is 6.98. The molecule has 0 spiro atoms. The van der Waals surface area contributed by atoms with Crippen molar-refractivity contribution in [2.45, 2.75) is 22.6 Å². The zero-order valence-corrected chi connectivity index (χ0v) is 14.8. The monoisotopic (exact) mass is 377 g/mol. The van der Waals surface area contributed by atoms with Gasteiger partial charge in [0.15, 0.2) is 5.57 Å². The number of unbranched alkanes of at least 4 members (excludes halogenated alkanes) is 1. The molecule has 0 atom stereocenters. The predicted molar refractivity (Wildman–Crippen MR) is 93.8 cm³/mol. The number of phenolic OH excluding ortho intramolecular Hbond substituents is 1. The highest BCUT2D eigenvalue weighted by Gasteiger charge is 2.27. The molecule has 2 rings (SSSR count). The molecule has 25 heavy (non-hydrogen) atoms. The number of benzene rings is 1. The molecule has 0 aromatic heterocycles. The average molecular weight is 377 g/mol. The first-order valence-corrected chi connectivity index (χ1v) is 8.98. The quantitative estimate of drug-likeness (QED) is 0.334. The summed E-state index contributed by atoms with van der Waals surface area (Å²) in [6.45, 7) is 3.63. The van der Waals surface area contributed by atoms with Crippen LogP contribution in [0.1, 0.15) is 12.8 Å². The molecule has 0 aliphatic carbocycles. The third-order valence-electron chi connectivity index (χ3n) is 3.06. The maximum Gasteiger partial charge on any atom is 0.350 e. The fourth-order valence-corrected chi connectivity index (χ4v) is 4.32. The van der Waals surface area contributed by atoms with E-state index in [9.17, 15) is 20.0 Å². The van der Waals surface area contributed by atoms with Crippen molar-refractivity contribution in [3.05, 3.63) is 40.7 Å². The Hall–Kier alpha value is -2.37. The first-order valence-electron chi connectivity index (χ1n) is 7.35. The van der Waals surface area contributed by atoms with E-state index in [0.29, 0.717) is 22.0 Å². The molecule has 0 saturated heterocycles. The van der Waals surface area contributed by atoms with E-state index in [4.69, 9.17) is 9.47 Å². The van der Waals surface area contributed by atoms with E-state index < -0.39 is 11.9 Å². The van der Waals surface area contributed by atoms with Crippen LogP contribution in [0.15, 0.2) is 50.5 Å². The summed E-state index contributed by atoms with van der Waals surface area (Å²) >= 11 is 2.44. The van der Waals surface area contributed by atoms with Crippen molar-refractivity contribution in [2.24, 2.45) is 0 Å².